The van der Waals surface area contributed by atoms with Crippen LogP contribution in [0.25, 0.3) is 0 Å². The summed E-state index contributed by atoms with van der Waals surface area (Å²) in [5.74, 6) is 1.57. The van der Waals surface area contributed by atoms with E-state index in [0.717, 1.165) is 24.6 Å². The highest BCUT2D eigenvalue weighted by atomic mass is 35.5. The molecule has 0 spiro atoms. The van der Waals surface area contributed by atoms with Crippen LogP contribution in [0.4, 0.5) is 0 Å². The highest BCUT2D eigenvalue weighted by Crippen LogP contribution is 2.24. The molecule has 2 nitrogen and oxygen atoms in total. The number of hydrogen-bond donors (Lipinski definition) is 1. The summed E-state index contributed by atoms with van der Waals surface area (Å²) in [7, 11) is 0. The van der Waals surface area contributed by atoms with Gasteiger partial charge in [0.05, 0.1) is 0 Å². The van der Waals surface area contributed by atoms with Crippen molar-refractivity contribution in [1.82, 2.24) is 5.32 Å². The Hall–Kier alpha value is -1.51. The fourth-order valence-corrected chi connectivity index (χ4v) is 1.79. The molecule has 3 heteroatoms. The Bertz CT molecular complexity index is 496. The average Bonchev–Trinajstić information content (AvgIpc) is 2.38. The van der Waals surface area contributed by atoms with Gasteiger partial charge in [0.1, 0.15) is 11.5 Å². The van der Waals surface area contributed by atoms with Crippen molar-refractivity contribution in [3.8, 4) is 11.5 Å². The third-order valence-electron chi connectivity index (χ3n) is 2.53. The van der Waals surface area contributed by atoms with Gasteiger partial charge in [-0.2, -0.15) is 0 Å². The molecule has 18 heavy (non-hydrogen) atoms. The van der Waals surface area contributed by atoms with E-state index in [2.05, 4.69) is 24.4 Å². The van der Waals surface area contributed by atoms with Crippen molar-refractivity contribution < 1.29 is 4.74 Å². The zero-order chi connectivity index (χ0) is 12.8. The second kappa shape index (κ2) is 6.43. The van der Waals surface area contributed by atoms with Gasteiger partial charge in [0.25, 0.3) is 0 Å². The minimum absolute atomic E-state index is 0.677. The molecule has 0 fully saturated rings. The maximum absolute atomic E-state index is 5.91. The molecule has 0 heterocycles. The number of hydrogen-bond acceptors (Lipinski definition) is 2. The van der Waals surface area contributed by atoms with Crippen LogP contribution in [0.3, 0.4) is 0 Å². The number of nitrogens with one attached hydrogen (secondary N) is 1. The predicted molar refractivity (Wildman–Crippen MR) is 75.3 cm³/mol. The van der Waals surface area contributed by atoms with Gasteiger partial charge in [-0.05, 0) is 42.4 Å². The molecule has 2 aromatic rings. The highest BCUT2D eigenvalue weighted by Gasteiger charge is 1.98. The first-order chi connectivity index (χ1) is 8.78. The van der Waals surface area contributed by atoms with E-state index in [1.807, 2.05) is 30.3 Å². The summed E-state index contributed by atoms with van der Waals surface area (Å²) >= 11 is 5.91. The third-order valence-corrected chi connectivity index (χ3v) is 2.77. The highest BCUT2D eigenvalue weighted by molar-refractivity contribution is 6.30. The summed E-state index contributed by atoms with van der Waals surface area (Å²) in [5, 5.41) is 3.96. The smallest absolute Gasteiger partial charge is 0.128 e. The first-order valence-electron chi connectivity index (χ1n) is 6.01. The Kier molecular flexibility index (Phi) is 4.62. The fourth-order valence-electron chi connectivity index (χ4n) is 1.61. The molecule has 0 bridgehead atoms. The van der Waals surface area contributed by atoms with E-state index in [0.29, 0.717) is 5.02 Å². The van der Waals surface area contributed by atoms with Gasteiger partial charge in [-0.15, -0.1) is 0 Å². The number of rotatable bonds is 5. The van der Waals surface area contributed by atoms with E-state index >= 15 is 0 Å². The van der Waals surface area contributed by atoms with Crippen molar-refractivity contribution >= 4 is 11.6 Å². The van der Waals surface area contributed by atoms with Crippen molar-refractivity contribution in [2.45, 2.75) is 13.5 Å². The number of halogens is 1. The second-order valence-electron chi connectivity index (χ2n) is 3.98. The van der Waals surface area contributed by atoms with Crippen LogP contribution in [-0.4, -0.2) is 6.54 Å². The molecule has 1 N–H and O–H groups in total. The van der Waals surface area contributed by atoms with Crippen LogP contribution in [0.2, 0.25) is 5.02 Å². The van der Waals surface area contributed by atoms with Crippen molar-refractivity contribution in [2.24, 2.45) is 0 Å². The molecule has 0 aliphatic rings. The first kappa shape index (κ1) is 12.9. The van der Waals surface area contributed by atoms with Gasteiger partial charge in [-0.1, -0.05) is 36.7 Å². The van der Waals surface area contributed by atoms with E-state index in [4.69, 9.17) is 16.3 Å². The molecule has 0 amide bonds. The minimum atomic E-state index is 0.677. The van der Waals surface area contributed by atoms with Crippen molar-refractivity contribution in [3.05, 3.63) is 59.1 Å². The zero-order valence-electron chi connectivity index (χ0n) is 10.3. The van der Waals surface area contributed by atoms with Crippen LogP contribution in [0.5, 0.6) is 11.5 Å². The monoisotopic (exact) mass is 261 g/mol. The summed E-state index contributed by atoms with van der Waals surface area (Å²) in [6, 6.07) is 15.4. The Balaban J connectivity index is 2.02. The number of benzene rings is 2. The Labute approximate surface area is 113 Å². The SMILES string of the molecule is CCNCc1ccc(Oc2cccc(Cl)c2)cc1. The molecule has 0 saturated heterocycles. The molecular formula is C15H16ClNO. The van der Waals surface area contributed by atoms with Crippen LogP contribution >= 0.6 is 11.6 Å². The molecule has 0 aliphatic carbocycles. The maximum atomic E-state index is 5.91. The van der Waals surface area contributed by atoms with Crippen LogP contribution in [0.15, 0.2) is 48.5 Å². The van der Waals surface area contributed by atoms with Crippen LogP contribution in [-0.2, 0) is 6.54 Å². The second-order valence-corrected chi connectivity index (χ2v) is 4.42. The quantitative estimate of drug-likeness (QED) is 0.869. The van der Waals surface area contributed by atoms with Gasteiger partial charge in [0.2, 0.25) is 0 Å². The van der Waals surface area contributed by atoms with Crippen molar-refractivity contribution in [3.63, 3.8) is 0 Å². The molecule has 0 radical (unpaired) electrons. The maximum Gasteiger partial charge on any atom is 0.128 e. The molecular weight excluding hydrogens is 246 g/mol. The summed E-state index contributed by atoms with van der Waals surface area (Å²) in [5.41, 5.74) is 1.25. The van der Waals surface area contributed by atoms with Gasteiger partial charge in [-0.3, -0.25) is 0 Å². The van der Waals surface area contributed by atoms with Crippen molar-refractivity contribution in [2.75, 3.05) is 6.54 Å². The van der Waals surface area contributed by atoms with E-state index in [1.54, 1.807) is 6.07 Å². The standard InChI is InChI=1S/C15H16ClNO/c1-2-17-11-12-6-8-14(9-7-12)18-15-5-3-4-13(16)10-15/h3-10,17H,2,11H2,1H3. The van der Waals surface area contributed by atoms with Gasteiger partial charge in [0.15, 0.2) is 0 Å². The van der Waals surface area contributed by atoms with Crippen LogP contribution in [0, 0.1) is 0 Å². The number of ether oxygens (including phenoxy) is 1. The predicted octanol–water partition coefficient (Wildman–Crippen LogP) is 4.24. The lowest BCUT2D eigenvalue weighted by atomic mass is 10.2. The summed E-state index contributed by atoms with van der Waals surface area (Å²) in [4.78, 5) is 0. The molecule has 94 valence electrons. The van der Waals surface area contributed by atoms with Crippen LogP contribution < -0.4 is 10.1 Å². The summed E-state index contributed by atoms with van der Waals surface area (Å²) < 4.78 is 5.71. The third kappa shape index (κ3) is 3.76. The van der Waals surface area contributed by atoms with Gasteiger partial charge < -0.3 is 10.1 Å². The molecule has 0 unspecified atom stereocenters. The largest absolute Gasteiger partial charge is 0.457 e. The van der Waals surface area contributed by atoms with Crippen molar-refractivity contribution in [1.29, 1.82) is 0 Å². The van der Waals surface area contributed by atoms with Gasteiger partial charge >= 0.3 is 0 Å². The Morgan fingerprint density at radius 1 is 1.06 bits per heavy atom. The van der Waals surface area contributed by atoms with E-state index in [9.17, 15) is 0 Å². The molecule has 2 rings (SSSR count). The lowest BCUT2D eigenvalue weighted by molar-refractivity contribution is 0.482. The first-order valence-corrected chi connectivity index (χ1v) is 6.39. The van der Waals surface area contributed by atoms with E-state index in [1.165, 1.54) is 5.56 Å². The molecule has 2 aromatic carbocycles. The summed E-state index contributed by atoms with van der Waals surface area (Å²) in [6.45, 7) is 3.95. The lowest BCUT2D eigenvalue weighted by Gasteiger charge is -2.07. The average molecular weight is 262 g/mol. The molecule has 0 saturated carbocycles. The van der Waals surface area contributed by atoms with Gasteiger partial charge in [0, 0.05) is 11.6 Å². The Morgan fingerprint density at radius 3 is 2.50 bits per heavy atom. The van der Waals surface area contributed by atoms with Crippen LogP contribution in [0.1, 0.15) is 12.5 Å². The van der Waals surface area contributed by atoms with E-state index in [-0.39, 0.29) is 0 Å². The molecule has 0 aromatic heterocycles. The lowest BCUT2D eigenvalue weighted by Crippen LogP contribution is -2.11. The molecule has 0 atom stereocenters. The normalized spacial score (nSPS) is 10.3. The molecule has 0 aliphatic heterocycles. The fraction of sp³-hybridized carbons (Fsp3) is 0.200. The van der Waals surface area contributed by atoms with E-state index < -0.39 is 0 Å². The minimum Gasteiger partial charge on any atom is -0.457 e. The zero-order valence-corrected chi connectivity index (χ0v) is 11.1. The summed E-state index contributed by atoms with van der Waals surface area (Å²) in [6.07, 6.45) is 0. The topological polar surface area (TPSA) is 21.3 Å². The Morgan fingerprint density at radius 2 is 1.83 bits per heavy atom. The van der Waals surface area contributed by atoms with Gasteiger partial charge in [-0.25, -0.2) is 0 Å².